The molecule has 0 saturated heterocycles. The second-order valence-corrected chi connectivity index (χ2v) is 11.2. The highest BCUT2D eigenvalue weighted by Gasteiger charge is 2.50. The first-order valence-corrected chi connectivity index (χ1v) is 12.1. The highest BCUT2D eigenvalue weighted by molar-refractivity contribution is 5.26. The molecule has 0 radical (unpaired) electrons. The van der Waals surface area contributed by atoms with E-state index in [1.165, 1.54) is 44.1 Å². The predicted octanol–water partition coefficient (Wildman–Crippen LogP) is 5.54. The van der Waals surface area contributed by atoms with E-state index in [2.05, 4.69) is 26.0 Å². The fraction of sp³-hybridized carbons (Fsp3) is 0.846. The monoisotopic (exact) mass is 404 g/mol. The molecule has 0 bridgehead atoms. The van der Waals surface area contributed by atoms with E-state index in [1.807, 2.05) is 13.8 Å². The predicted molar refractivity (Wildman–Crippen MR) is 120 cm³/mol. The van der Waals surface area contributed by atoms with E-state index in [1.54, 1.807) is 5.57 Å². The van der Waals surface area contributed by atoms with Gasteiger partial charge < -0.3 is 15.3 Å². The fourth-order valence-electron chi connectivity index (χ4n) is 6.68. The summed E-state index contributed by atoms with van der Waals surface area (Å²) >= 11 is 0. The van der Waals surface area contributed by atoms with E-state index in [0.29, 0.717) is 24.2 Å². The molecule has 0 heterocycles. The second-order valence-electron chi connectivity index (χ2n) is 11.2. The van der Waals surface area contributed by atoms with E-state index >= 15 is 0 Å². The average Bonchev–Trinajstić information content (AvgIpc) is 2.99. The van der Waals surface area contributed by atoms with Gasteiger partial charge in [0.1, 0.15) is 0 Å². The molecular weight excluding hydrogens is 360 g/mol. The first-order valence-electron chi connectivity index (χ1n) is 12.1. The highest BCUT2D eigenvalue weighted by Crippen LogP contribution is 2.59. The van der Waals surface area contributed by atoms with Gasteiger partial charge in [-0.15, -0.1) is 0 Å². The molecule has 3 N–H and O–H groups in total. The Labute approximate surface area is 178 Å². The quantitative estimate of drug-likeness (QED) is 0.545. The van der Waals surface area contributed by atoms with Gasteiger partial charge in [0.2, 0.25) is 0 Å². The van der Waals surface area contributed by atoms with E-state index in [0.717, 1.165) is 31.1 Å². The van der Waals surface area contributed by atoms with Crippen molar-refractivity contribution in [3.8, 4) is 0 Å². The Kier molecular flexibility index (Phi) is 7.34. The highest BCUT2D eigenvalue weighted by atomic mass is 16.3. The lowest BCUT2D eigenvalue weighted by molar-refractivity contribution is 0.00411. The molecule has 0 aliphatic heterocycles. The summed E-state index contributed by atoms with van der Waals surface area (Å²) in [6.07, 6.45) is 15.4. The van der Waals surface area contributed by atoms with Crippen LogP contribution >= 0.6 is 0 Å². The van der Waals surface area contributed by atoms with Crippen LogP contribution in [0.2, 0.25) is 0 Å². The largest absolute Gasteiger partial charge is 0.390 e. The van der Waals surface area contributed by atoms with Gasteiger partial charge in [-0.05, 0) is 94.8 Å². The first-order chi connectivity index (χ1) is 13.6. The molecule has 0 aromatic carbocycles. The topological polar surface area (TPSA) is 60.7 Å². The van der Waals surface area contributed by atoms with Gasteiger partial charge in [-0.2, -0.15) is 0 Å². The molecule has 29 heavy (non-hydrogen) atoms. The van der Waals surface area contributed by atoms with Crippen molar-refractivity contribution in [2.24, 2.45) is 23.2 Å². The molecule has 3 rings (SSSR count). The minimum absolute atomic E-state index is 0.416. The van der Waals surface area contributed by atoms with Crippen molar-refractivity contribution in [1.82, 2.24) is 0 Å². The number of hydrogen-bond acceptors (Lipinski definition) is 3. The standard InChI is InChI=1S/C26H44O3/c1-18(7-5-15-25(2,3)29)21-12-13-22-20(8-6-16-26(21,22)4)11-9-19-10-14-23(27)24(28)17-19/h9,11,18,21-24,27-29H,5-8,10,12-17H2,1-4H3/b19-9-,20-11+/t18-,21-,22+,23+,24+,26-/m1/s1. The third-order valence-corrected chi connectivity index (χ3v) is 8.38. The van der Waals surface area contributed by atoms with Crippen molar-refractivity contribution < 1.29 is 15.3 Å². The van der Waals surface area contributed by atoms with Crippen molar-refractivity contribution in [2.75, 3.05) is 0 Å². The first kappa shape index (κ1) is 23.0. The van der Waals surface area contributed by atoms with Gasteiger partial charge >= 0.3 is 0 Å². The summed E-state index contributed by atoms with van der Waals surface area (Å²) in [5.74, 6) is 2.21. The zero-order valence-corrected chi connectivity index (χ0v) is 19.2. The van der Waals surface area contributed by atoms with Gasteiger partial charge in [0.05, 0.1) is 17.8 Å². The van der Waals surface area contributed by atoms with Gasteiger partial charge in [-0.3, -0.25) is 0 Å². The Balaban J connectivity index is 1.65. The van der Waals surface area contributed by atoms with E-state index in [4.69, 9.17) is 0 Å². The van der Waals surface area contributed by atoms with Crippen LogP contribution < -0.4 is 0 Å². The Morgan fingerprint density at radius 1 is 1.10 bits per heavy atom. The molecule has 3 aliphatic rings. The molecule has 3 aliphatic carbocycles. The molecule has 3 fully saturated rings. The lowest BCUT2D eigenvalue weighted by atomic mass is 9.60. The summed E-state index contributed by atoms with van der Waals surface area (Å²) in [5.41, 5.74) is 2.79. The van der Waals surface area contributed by atoms with Crippen LogP contribution in [0, 0.1) is 23.2 Å². The van der Waals surface area contributed by atoms with Crippen LogP contribution in [0.1, 0.15) is 98.3 Å². The van der Waals surface area contributed by atoms with Crippen molar-refractivity contribution >= 4 is 0 Å². The lowest BCUT2D eigenvalue weighted by Gasteiger charge is -2.44. The maximum absolute atomic E-state index is 10.0. The Morgan fingerprint density at radius 3 is 2.55 bits per heavy atom. The van der Waals surface area contributed by atoms with Crippen LogP contribution in [0.4, 0.5) is 0 Å². The summed E-state index contributed by atoms with van der Waals surface area (Å²) in [7, 11) is 0. The molecule has 0 aromatic rings. The van der Waals surface area contributed by atoms with E-state index < -0.39 is 17.8 Å². The molecule has 0 unspecified atom stereocenters. The molecule has 3 saturated carbocycles. The molecule has 0 spiro atoms. The van der Waals surface area contributed by atoms with Crippen LogP contribution in [0.5, 0.6) is 0 Å². The maximum Gasteiger partial charge on any atom is 0.0836 e. The van der Waals surface area contributed by atoms with Gasteiger partial charge in [-0.25, -0.2) is 0 Å². The Morgan fingerprint density at radius 2 is 1.86 bits per heavy atom. The molecule has 0 amide bonds. The number of fused-ring (bicyclic) bond motifs is 1. The fourth-order valence-corrected chi connectivity index (χ4v) is 6.68. The summed E-state index contributed by atoms with van der Waals surface area (Å²) in [6, 6.07) is 0. The molecule has 166 valence electrons. The second kappa shape index (κ2) is 9.24. The van der Waals surface area contributed by atoms with Gasteiger partial charge in [0, 0.05) is 0 Å². The smallest absolute Gasteiger partial charge is 0.0836 e. The number of aliphatic hydroxyl groups excluding tert-OH is 2. The maximum atomic E-state index is 10.0. The Hall–Kier alpha value is -0.640. The third kappa shape index (κ3) is 5.54. The molecule has 0 aromatic heterocycles. The van der Waals surface area contributed by atoms with Crippen molar-refractivity contribution in [3.63, 3.8) is 0 Å². The summed E-state index contributed by atoms with van der Waals surface area (Å²) < 4.78 is 0. The van der Waals surface area contributed by atoms with Gasteiger partial charge in [-0.1, -0.05) is 50.0 Å². The zero-order chi connectivity index (χ0) is 21.2. The van der Waals surface area contributed by atoms with Crippen LogP contribution in [0.15, 0.2) is 23.3 Å². The van der Waals surface area contributed by atoms with Crippen LogP contribution in [0.3, 0.4) is 0 Å². The summed E-state index contributed by atoms with van der Waals surface area (Å²) in [6.45, 7) is 8.83. The average molecular weight is 405 g/mol. The van der Waals surface area contributed by atoms with Gasteiger partial charge in [0.15, 0.2) is 0 Å². The normalized spacial score (nSPS) is 39.7. The third-order valence-electron chi connectivity index (χ3n) is 8.38. The van der Waals surface area contributed by atoms with E-state index in [9.17, 15) is 15.3 Å². The van der Waals surface area contributed by atoms with Crippen LogP contribution in [0.25, 0.3) is 0 Å². The Bertz CT molecular complexity index is 614. The molecule has 3 heteroatoms. The van der Waals surface area contributed by atoms with Crippen molar-refractivity contribution in [1.29, 1.82) is 0 Å². The number of aliphatic hydroxyl groups is 3. The zero-order valence-electron chi connectivity index (χ0n) is 19.2. The molecule has 3 nitrogen and oxygen atoms in total. The van der Waals surface area contributed by atoms with Crippen LogP contribution in [-0.2, 0) is 0 Å². The van der Waals surface area contributed by atoms with Crippen molar-refractivity contribution in [2.45, 2.75) is 116 Å². The minimum Gasteiger partial charge on any atom is -0.390 e. The van der Waals surface area contributed by atoms with Gasteiger partial charge in [0.25, 0.3) is 0 Å². The van der Waals surface area contributed by atoms with Crippen molar-refractivity contribution in [3.05, 3.63) is 23.3 Å². The number of allylic oxidation sites excluding steroid dienone is 3. The summed E-state index contributed by atoms with van der Waals surface area (Å²) in [4.78, 5) is 0. The molecular formula is C26H44O3. The number of hydrogen-bond donors (Lipinski definition) is 3. The minimum atomic E-state index is -0.592. The molecule has 6 atom stereocenters. The van der Waals surface area contributed by atoms with E-state index in [-0.39, 0.29) is 0 Å². The number of rotatable bonds is 6. The van der Waals surface area contributed by atoms with Crippen LogP contribution in [-0.4, -0.2) is 33.1 Å². The lowest BCUT2D eigenvalue weighted by Crippen LogP contribution is -2.36. The SMILES string of the molecule is C[C@H](CCCC(C)(C)O)[C@H]1CC[C@H]2/C(=C/C=C3/CC[C@H](O)[C@@H](O)C3)CCC[C@]12C. The summed E-state index contributed by atoms with van der Waals surface area (Å²) in [5, 5.41) is 29.7.